The van der Waals surface area contributed by atoms with Crippen LogP contribution < -0.4 is 4.74 Å². The number of hydrogen-bond acceptors (Lipinski definition) is 2. The Morgan fingerprint density at radius 3 is 2.00 bits per heavy atom. The smallest absolute Gasteiger partial charge is 0.379 e. The number of carbonyl (C=O) groups is 1. The number of benzene rings is 2. The molecule has 0 heterocycles. The van der Waals surface area contributed by atoms with Crippen molar-refractivity contribution >= 4 is 5.97 Å². The van der Waals surface area contributed by atoms with Crippen molar-refractivity contribution in [3.63, 3.8) is 0 Å². The summed E-state index contributed by atoms with van der Waals surface area (Å²) in [6.07, 6.45) is 0. The average Bonchev–Trinajstić information content (AvgIpc) is 2.40. The summed E-state index contributed by atoms with van der Waals surface area (Å²) < 4.78 is 31.8. The van der Waals surface area contributed by atoms with E-state index in [1.54, 1.807) is 24.3 Å². The summed E-state index contributed by atoms with van der Waals surface area (Å²) in [4.78, 5) is 10.4. The van der Waals surface area contributed by atoms with Gasteiger partial charge in [-0.3, -0.25) is 0 Å². The molecule has 19 heavy (non-hydrogen) atoms. The Hall–Kier alpha value is -2.43. The van der Waals surface area contributed by atoms with Gasteiger partial charge in [0.1, 0.15) is 11.5 Å². The van der Waals surface area contributed by atoms with Gasteiger partial charge in [0, 0.05) is 5.56 Å². The van der Waals surface area contributed by atoms with Gasteiger partial charge in [-0.05, 0) is 36.4 Å². The van der Waals surface area contributed by atoms with Gasteiger partial charge in [0.2, 0.25) is 0 Å². The van der Waals surface area contributed by atoms with Crippen molar-refractivity contribution in [1.82, 2.24) is 0 Å². The summed E-state index contributed by atoms with van der Waals surface area (Å²) >= 11 is 0. The van der Waals surface area contributed by atoms with Crippen LogP contribution in [0.15, 0.2) is 54.6 Å². The Kier molecular flexibility index (Phi) is 3.46. The Morgan fingerprint density at radius 2 is 1.47 bits per heavy atom. The van der Waals surface area contributed by atoms with Crippen molar-refractivity contribution in [3.8, 4) is 11.5 Å². The molecule has 2 rings (SSSR count). The van der Waals surface area contributed by atoms with Crippen molar-refractivity contribution in [2.75, 3.05) is 0 Å². The maximum absolute atomic E-state index is 13.2. The Morgan fingerprint density at radius 1 is 0.947 bits per heavy atom. The number of para-hydroxylation sites is 1. The van der Waals surface area contributed by atoms with Gasteiger partial charge in [-0.15, -0.1) is 0 Å². The van der Waals surface area contributed by atoms with E-state index in [9.17, 15) is 13.6 Å². The number of rotatable bonds is 4. The van der Waals surface area contributed by atoms with E-state index in [-0.39, 0.29) is 0 Å². The van der Waals surface area contributed by atoms with Gasteiger partial charge in [-0.2, -0.15) is 8.78 Å². The molecule has 2 aromatic rings. The fourth-order valence-electron chi connectivity index (χ4n) is 1.48. The highest BCUT2D eigenvalue weighted by Crippen LogP contribution is 2.30. The van der Waals surface area contributed by atoms with E-state index in [2.05, 4.69) is 0 Å². The third-order valence-corrected chi connectivity index (χ3v) is 2.46. The highest BCUT2D eigenvalue weighted by atomic mass is 19.3. The zero-order valence-electron chi connectivity index (χ0n) is 9.72. The molecule has 0 spiro atoms. The molecule has 3 nitrogen and oxygen atoms in total. The molecule has 5 heteroatoms. The summed E-state index contributed by atoms with van der Waals surface area (Å²) in [5.41, 5.74) is -0.583. The third kappa shape index (κ3) is 2.88. The molecule has 0 radical (unpaired) electrons. The quantitative estimate of drug-likeness (QED) is 0.916. The first-order valence-corrected chi connectivity index (χ1v) is 5.45. The molecule has 0 aliphatic carbocycles. The predicted molar refractivity (Wildman–Crippen MR) is 64.5 cm³/mol. The molecule has 0 unspecified atom stereocenters. The summed E-state index contributed by atoms with van der Waals surface area (Å²) in [7, 11) is 0. The first-order valence-electron chi connectivity index (χ1n) is 5.45. The topological polar surface area (TPSA) is 46.5 Å². The highest BCUT2D eigenvalue weighted by Gasteiger charge is 2.40. The van der Waals surface area contributed by atoms with E-state index >= 15 is 0 Å². The number of carboxylic acids is 1. The van der Waals surface area contributed by atoms with Crippen molar-refractivity contribution in [2.45, 2.75) is 5.92 Å². The minimum Gasteiger partial charge on any atom is -0.477 e. The molecule has 0 fully saturated rings. The van der Waals surface area contributed by atoms with E-state index in [0.717, 1.165) is 12.1 Å². The van der Waals surface area contributed by atoms with Gasteiger partial charge in [0.25, 0.3) is 0 Å². The van der Waals surface area contributed by atoms with Crippen molar-refractivity contribution < 1.29 is 23.4 Å². The lowest BCUT2D eigenvalue weighted by Gasteiger charge is -2.12. The average molecular weight is 264 g/mol. The maximum Gasteiger partial charge on any atom is 0.379 e. The van der Waals surface area contributed by atoms with Crippen molar-refractivity contribution in [1.29, 1.82) is 0 Å². The van der Waals surface area contributed by atoms with Gasteiger partial charge < -0.3 is 9.84 Å². The van der Waals surface area contributed by atoms with E-state index in [1.165, 1.54) is 12.1 Å². The van der Waals surface area contributed by atoms with Gasteiger partial charge in [-0.25, -0.2) is 4.79 Å². The van der Waals surface area contributed by atoms with Crippen LogP contribution in [0.25, 0.3) is 0 Å². The van der Waals surface area contributed by atoms with Crippen molar-refractivity contribution in [2.24, 2.45) is 0 Å². The summed E-state index contributed by atoms with van der Waals surface area (Å²) in [6, 6.07) is 13.5. The second-order valence-electron chi connectivity index (χ2n) is 3.82. The number of carboxylic acid groups (broad SMARTS) is 1. The Labute approximate surface area is 108 Å². The fourth-order valence-corrected chi connectivity index (χ4v) is 1.48. The number of alkyl halides is 2. The molecule has 0 aliphatic rings. The van der Waals surface area contributed by atoms with E-state index in [4.69, 9.17) is 9.84 Å². The molecule has 0 bridgehead atoms. The fraction of sp³-hybridized carbons (Fsp3) is 0.0714. The van der Waals surface area contributed by atoms with E-state index in [1.807, 2.05) is 6.07 Å². The lowest BCUT2D eigenvalue weighted by molar-refractivity contribution is -0.166. The zero-order valence-corrected chi connectivity index (χ0v) is 9.72. The monoisotopic (exact) mass is 264 g/mol. The Balaban J connectivity index is 2.18. The van der Waals surface area contributed by atoms with Crippen LogP contribution in [0.5, 0.6) is 11.5 Å². The molecular weight excluding hydrogens is 254 g/mol. The number of halogens is 2. The Bertz CT molecular complexity index is 565. The predicted octanol–water partition coefficient (Wildman–Crippen LogP) is 3.66. The first kappa shape index (κ1) is 13.0. The molecule has 0 saturated carbocycles. The van der Waals surface area contributed by atoms with Crippen LogP contribution in [0.4, 0.5) is 8.78 Å². The molecule has 0 saturated heterocycles. The minimum absolute atomic E-state index is 0.358. The molecule has 0 aliphatic heterocycles. The van der Waals surface area contributed by atoms with Gasteiger partial charge >= 0.3 is 11.9 Å². The number of aliphatic carboxylic acids is 1. The van der Waals surface area contributed by atoms with Gasteiger partial charge in [-0.1, -0.05) is 18.2 Å². The van der Waals surface area contributed by atoms with E-state index in [0.29, 0.717) is 11.5 Å². The normalized spacial score (nSPS) is 11.1. The molecule has 0 aromatic heterocycles. The first-order chi connectivity index (χ1) is 9.00. The van der Waals surface area contributed by atoms with Gasteiger partial charge in [0.05, 0.1) is 0 Å². The lowest BCUT2D eigenvalue weighted by Crippen LogP contribution is -2.25. The maximum atomic E-state index is 13.2. The minimum atomic E-state index is -3.90. The van der Waals surface area contributed by atoms with Crippen LogP contribution in [0.2, 0.25) is 0 Å². The molecule has 2 aromatic carbocycles. The number of hydrogen-bond donors (Lipinski definition) is 1. The van der Waals surface area contributed by atoms with Crippen LogP contribution in [0, 0.1) is 0 Å². The van der Waals surface area contributed by atoms with Crippen LogP contribution in [0.3, 0.4) is 0 Å². The lowest BCUT2D eigenvalue weighted by atomic mass is 10.1. The molecule has 0 atom stereocenters. The third-order valence-electron chi connectivity index (χ3n) is 2.46. The van der Waals surface area contributed by atoms with Gasteiger partial charge in [0.15, 0.2) is 0 Å². The summed E-state index contributed by atoms with van der Waals surface area (Å²) in [5.74, 6) is -5.15. The van der Waals surface area contributed by atoms with Crippen LogP contribution in [0.1, 0.15) is 5.56 Å². The standard InChI is InChI=1S/C14H10F2O3/c15-14(16,13(17)18)10-6-8-12(9-7-10)19-11-4-2-1-3-5-11/h1-9H,(H,17,18). The second kappa shape index (κ2) is 5.06. The molecule has 98 valence electrons. The van der Waals surface area contributed by atoms with Crippen LogP contribution >= 0.6 is 0 Å². The van der Waals surface area contributed by atoms with E-state index < -0.39 is 17.5 Å². The second-order valence-corrected chi connectivity index (χ2v) is 3.82. The number of ether oxygens (including phenoxy) is 1. The summed E-state index contributed by atoms with van der Waals surface area (Å²) in [5, 5.41) is 8.42. The zero-order chi connectivity index (χ0) is 13.9. The SMILES string of the molecule is O=C(O)C(F)(F)c1ccc(Oc2ccccc2)cc1. The molecular formula is C14H10F2O3. The van der Waals surface area contributed by atoms with Crippen LogP contribution in [-0.2, 0) is 10.7 Å². The molecule has 1 N–H and O–H groups in total. The van der Waals surface area contributed by atoms with Crippen LogP contribution in [-0.4, -0.2) is 11.1 Å². The highest BCUT2D eigenvalue weighted by molar-refractivity contribution is 5.77. The largest absolute Gasteiger partial charge is 0.477 e. The van der Waals surface area contributed by atoms with Crippen molar-refractivity contribution in [3.05, 3.63) is 60.2 Å². The molecule has 0 amide bonds. The summed E-state index contributed by atoms with van der Waals surface area (Å²) in [6.45, 7) is 0.